The summed E-state index contributed by atoms with van der Waals surface area (Å²) in [6.45, 7) is 0.557. The van der Waals surface area contributed by atoms with E-state index < -0.39 is 5.97 Å². The van der Waals surface area contributed by atoms with Crippen molar-refractivity contribution in [3.05, 3.63) is 35.4 Å². The van der Waals surface area contributed by atoms with Crippen molar-refractivity contribution in [1.82, 2.24) is 10.2 Å². The number of amides is 2. The molecule has 1 unspecified atom stereocenters. The van der Waals surface area contributed by atoms with E-state index in [1.165, 1.54) is 0 Å². The number of carbonyl (C=O) groups excluding carboxylic acids is 1. The van der Waals surface area contributed by atoms with E-state index in [0.29, 0.717) is 6.54 Å². The molecule has 2 rings (SSSR count). The molecule has 0 radical (unpaired) electrons. The van der Waals surface area contributed by atoms with Crippen LogP contribution in [-0.4, -0.2) is 35.6 Å². The summed E-state index contributed by atoms with van der Waals surface area (Å²) in [5, 5.41) is 11.5. The number of carbonyl (C=O) groups is 2. The number of nitrogens with zero attached hydrogens (tertiary/aromatic N) is 1. The Kier molecular flexibility index (Phi) is 2.52. The molecule has 5 nitrogen and oxygen atoms in total. The molecule has 1 aromatic rings. The molecule has 0 aromatic heterocycles. The molecule has 84 valence electrons. The molecule has 5 heteroatoms. The Morgan fingerprint density at radius 3 is 2.50 bits per heavy atom. The second kappa shape index (κ2) is 3.84. The molecule has 1 aliphatic heterocycles. The van der Waals surface area contributed by atoms with E-state index >= 15 is 0 Å². The third-order valence-electron chi connectivity index (χ3n) is 2.78. The third-order valence-corrected chi connectivity index (χ3v) is 2.78. The number of carboxylic acids is 1. The van der Waals surface area contributed by atoms with Crippen LogP contribution < -0.4 is 5.32 Å². The molecule has 2 amide bonds. The minimum absolute atomic E-state index is 0.0182. The van der Waals surface area contributed by atoms with E-state index in [2.05, 4.69) is 5.32 Å². The predicted molar refractivity (Wildman–Crippen MR) is 57.3 cm³/mol. The summed E-state index contributed by atoms with van der Waals surface area (Å²) < 4.78 is 0. The lowest BCUT2D eigenvalue weighted by Crippen LogP contribution is -2.25. The van der Waals surface area contributed by atoms with E-state index in [1.807, 2.05) is 0 Å². The third kappa shape index (κ3) is 1.71. The lowest BCUT2D eigenvalue weighted by Gasteiger charge is -2.18. The van der Waals surface area contributed by atoms with Crippen molar-refractivity contribution >= 4 is 12.0 Å². The van der Waals surface area contributed by atoms with Gasteiger partial charge in [-0.25, -0.2) is 9.59 Å². The van der Waals surface area contributed by atoms with Gasteiger partial charge in [-0.1, -0.05) is 12.1 Å². The van der Waals surface area contributed by atoms with E-state index in [-0.39, 0.29) is 17.6 Å². The summed E-state index contributed by atoms with van der Waals surface area (Å²) in [7, 11) is 1.72. The van der Waals surface area contributed by atoms with Gasteiger partial charge in [0.1, 0.15) is 0 Å². The van der Waals surface area contributed by atoms with Gasteiger partial charge in [0.25, 0.3) is 0 Å². The van der Waals surface area contributed by atoms with Crippen LogP contribution in [0.25, 0.3) is 0 Å². The molecular weight excluding hydrogens is 208 g/mol. The maximum Gasteiger partial charge on any atom is 0.335 e. The van der Waals surface area contributed by atoms with Gasteiger partial charge >= 0.3 is 12.0 Å². The summed E-state index contributed by atoms with van der Waals surface area (Å²) in [6, 6.07) is 6.46. The molecule has 16 heavy (non-hydrogen) atoms. The Balaban J connectivity index is 2.22. The van der Waals surface area contributed by atoms with E-state index in [1.54, 1.807) is 36.2 Å². The van der Waals surface area contributed by atoms with Crippen LogP contribution in [0.2, 0.25) is 0 Å². The van der Waals surface area contributed by atoms with Crippen LogP contribution in [0.1, 0.15) is 22.0 Å². The van der Waals surface area contributed by atoms with Crippen LogP contribution in [0.15, 0.2) is 24.3 Å². The van der Waals surface area contributed by atoms with Crippen LogP contribution in [0, 0.1) is 0 Å². The number of nitrogens with one attached hydrogen (secondary N) is 1. The SMILES string of the molecule is CN1C(=O)NCC1c1ccc(C(=O)O)cc1. The smallest absolute Gasteiger partial charge is 0.335 e. The van der Waals surface area contributed by atoms with Gasteiger partial charge < -0.3 is 15.3 Å². The zero-order valence-electron chi connectivity index (χ0n) is 8.80. The zero-order chi connectivity index (χ0) is 11.7. The normalized spacial score (nSPS) is 19.7. The quantitative estimate of drug-likeness (QED) is 0.783. The molecule has 1 saturated heterocycles. The molecule has 0 spiro atoms. The first-order chi connectivity index (χ1) is 7.59. The van der Waals surface area contributed by atoms with Gasteiger partial charge in [0, 0.05) is 13.6 Å². The fraction of sp³-hybridized carbons (Fsp3) is 0.273. The largest absolute Gasteiger partial charge is 0.478 e. The topological polar surface area (TPSA) is 69.6 Å². The summed E-state index contributed by atoms with van der Waals surface area (Å²) in [6.07, 6.45) is 0. The minimum Gasteiger partial charge on any atom is -0.478 e. The second-order valence-electron chi connectivity index (χ2n) is 3.74. The molecule has 1 atom stereocenters. The van der Waals surface area contributed by atoms with Gasteiger partial charge in [0.15, 0.2) is 0 Å². The van der Waals surface area contributed by atoms with Crippen molar-refractivity contribution < 1.29 is 14.7 Å². The summed E-state index contributed by atoms with van der Waals surface area (Å²) in [4.78, 5) is 23.5. The summed E-state index contributed by atoms with van der Waals surface area (Å²) in [5.74, 6) is -0.944. The molecule has 1 aliphatic rings. The monoisotopic (exact) mass is 220 g/mol. The first-order valence-corrected chi connectivity index (χ1v) is 4.93. The van der Waals surface area contributed by atoms with Crippen molar-refractivity contribution in [3.8, 4) is 0 Å². The Morgan fingerprint density at radius 2 is 2.06 bits per heavy atom. The van der Waals surface area contributed by atoms with E-state index in [4.69, 9.17) is 5.11 Å². The predicted octanol–water partition coefficient (Wildman–Crippen LogP) is 1.08. The molecule has 0 aliphatic carbocycles. The number of carboxylic acid groups (broad SMARTS) is 1. The highest BCUT2D eigenvalue weighted by Gasteiger charge is 2.28. The maximum absolute atomic E-state index is 11.3. The number of benzene rings is 1. The van der Waals surface area contributed by atoms with Crippen LogP contribution in [0.4, 0.5) is 4.79 Å². The minimum atomic E-state index is -0.944. The molecule has 0 bridgehead atoms. The van der Waals surface area contributed by atoms with Crippen molar-refractivity contribution in [2.24, 2.45) is 0 Å². The average Bonchev–Trinajstić information content (AvgIpc) is 2.60. The number of likely N-dealkylation sites (N-methyl/N-ethyl adjacent to an activating group) is 1. The van der Waals surface area contributed by atoms with Gasteiger partial charge in [0.2, 0.25) is 0 Å². The Bertz CT molecular complexity index is 427. The zero-order valence-corrected chi connectivity index (χ0v) is 8.80. The van der Waals surface area contributed by atoms with Gasteiger partial charge in [-0.2, -0.15) is 0 Å². The molecule has 2 N–H and O–H groups in total. The average molecular weight is 220 g/mol. The highest BCUT2D eigenvalue weighted by Crippen LogP contribution is 2.22. The molecule has 1 heterocycles. The number of hydrogen-bond acceptors (Lipinski definition) is 2. The number of rotatable bonds is 2. The van der Waals surface area contributed by atoms with Crippen molar-refractivity contribution in [2.75, 3.05) is 13.6 Å². The van der Waals surface area contributed by atoms with Gasteiger partial charge in [-0.3, -0.25) is 0 Å². The molecular formula is C11H12N2O3. The molecule has 0 saturated carbocycles. The van der Waals surface area contributed by atoms with Crippen molar-refractivity contribution in [1.29, 1.82) is 0 Å². The van der Waals surface area contributed by atoms with Gasteiger partial charge in [-0.15, -0.1) is 0 Å². The van der Waals surface area contributed by atoms with Crippen LogP contribution in [0.5, 0.6) is 0 Å². The van der Waals surface area contributed by atoms with E-state index in [9.17, 15) is 9.59 Å². The van der Waals surface area contributed by atoms with Gasteiger partial charge in [-0.05, 0) is 17.7 Å². The Labute approximate surface area is 92.7 Å². The summed E-state index contributed by atoms with van der Waals surface area (Å²) >= 11 is 0. The highest BCUT2D eigenvalue weighted by molar-refractivity contribution is 5.87. The van der Waals surface area contributed by atoms with Gasteiger partial charge in [0.05, 0.1) is 11.6 Å². The second-order valence-corrected chi connectivity index (χ2v) is 3.74. The fourth-order valence-corrected chi connectivity index (χ4v) is 1.78. The highest BCUT2D eigenvalue weighted by atomic mass is 16.4. The molecule has 1 aromatic carbocycles. The molecule has 1 fully saturated rings. The number of urea groups is 1. The fourth-order valence-electron chi connectivity index (χ4n) is 1.78. The first kappa shape index (κ1) is 10.5. The van der Waals surface area contributed by atoms with Crippen LogP contribution >= 0.6 is 0 Å². The lowest BCUT2D eigenvalue weighted by atomic mass is 10.0. The van der Waals surface area contributed by atoms with Crippen LogP contribution in [0.3, 0.4) is 0 Å². The van der Waals surface area contributed by atoms with Crippen molar-refractivity contribution in [2.45, 2.75) is 6.04 Å². The Hall–Kier alpha value is -2.04. The first-order valence-electron chi connectivity index (χ1n) is 4.93. The lowest BCUT2D eigenvalue weighted by molar-refractivity contribution is 0.0697. The van der Waals surface area contributed by atoms with E-state index in [0.717, 1.165) is 5.56 Å². The van der Waals surface area contributed by atoms with Crippen molar-refractivity contribution in [3.63, 3.8) is 0 Å². The summed E-state index contributed by atoms with van der Waals surface area (Å²) in [5.41, 5.74) is 1.19. The number of hydrogen-bond donors (Lipinski definition) is 2. The Morgan fingerprint density at radius 1 is 1.44 bits per heavy atom. The standard InChI is InChI=1S/C11H12N2O3/c1-13-9(6-12-11(13)16)7-2-4-8(5-3-7)10(14)15/h2-5,9H,6H2,1H3,(H,12,16)(H,14,15). The van der Waals surface area contributed by atoms with Crippen LogP contribution in [-0.2, 0) is 0 Å². The maximum atomic E-state index is 11.3. The number of aromatic carboxylic acids is 1.